The maximum Gasteiger partial charge on any atom is 0.247 e. The number of halogens is 3. The molecule has 1 atom stereocenters. The van der Waals surface area contributed by atoms with Gasteiger partial charge in [-0.2, -0.15) is 5.10 Å². The number of likely N-dealkylation sites (tertiary alicyclic amines) is 1. The van der Waals surface area contributed by atoms with Gasteiger partial charge in [0.2, 0.25) is 11.8 Å². The van der Waals surface area contributed by atoms with E-state index in [0.29, 0.717) is 40.3 Å². The van der Waals surface area contributed by atoms with Crippen LogP contribution in [0.25, 0.3) is 0 Å². The maximum atomic E-state index is 12.9. The van der Waals surface area contributed by atoms with Crippen LogP contribution in [-0.4, -0.2) is 46.6 Å². The Bertz CT molecular complexity index is 991. The SMILES string of the molecule is O=C(Cc1ccc(Cl)c(Cl)c1)N1CC(N2CCCC2=O)C(c2ccc(Cl)cc2)=N1. The van der Waals surface area contributed by atoms with Crippen molar-refractivity contribution < 1.29 is 9.59 Å². The van der Waals surface area contributed by atoms with Crippen molar-refractivity contribution in [2.24, 2.45) is 5.10 Å². The number of hydrazone groups is 1. The number of hydrogen-bond acceptors (Lipinski definition) is 3. The Morgan fingerprint density at radius 1 is 1.07 bits per heavy atom. The van der Waals surface area contributed by atoms with Gasteiger partial charge in [-0.15, -0.1) is 0 Å². The van der Waals surface area contributed by atoms with Gasteiger partial charge < -0.3 is 4.90 Å². The van der Waals surface area contributed by atoms with Crippen molar-refractivity contribution in [3.8, 4) is 0 Å². The summed E-state index contributed by atoms with van der Waals surface area (Å²) >= 11 is 18.0. The van der Waals surface area contributed by atoms with Crippen LogP contribution >= 0.6 is 34.8 Å². The van der Waals surface area contributed by atoms with Crippen LogP contribution in [0.5, 0.6) is 0 Å². The molecule has 8 heteroatoms. The molecule has 0 N–H and O–H groups in total. The summed E-state index contributed by atoms with van der Waals surface area (Å²) in [5.74, 6) is -0.0700. The van der Waals surface area contributed by atoms with Crippen LogP contribution in [0.15, 0.2) is 47.6 Å². The van der Waals surface area contributed by atoms with Crippen molar-refractivity contribution in [2.45, 2.75) is 25.3 Å². The van der Waals surface area contributed by atoms with Crippen LogP contribution in [-0.2, 0) is 16.0 Å². The Morgan fingerprint density at radius 2 is 1.83 bits per heavy atom. The molecule has 0 saturated carbocycles. The number of hydrogen-bond donors (Lipinski definition) is 0. The monoisotopic (exact) mass is 449 g/mol. The van der Waals surface area contributed by atoms with E-state index in [1.165, 1.54) is 5.01 Å². The smallest absolute Gasteiger partial charge is 0.247 e. The first kappa shape index (κ1) is 20.2. The molecule has 29 heavy (non-hydrogen) atoms. The van der Waals surface area contributed by atoms with Gasteiger partial charge in [0.25, 0.3) is 0 Å². The van der Waals surface area contributed by atoms with Crippen molar-refractivity contribution in [1.82, 2.24) is 9.91 Å². The van der Waals surface area contributed by atoms with E-state index in [0.717, 1.165) is 17.5 Å². The molecule has 150 valence electrons. The molecule has 0 aliphatic carbocycles. The Labute approximate surface area is 183 Å². The lowest BCUT2D eigenvalue weighted by Crippen LogP contribution is -2.44. The van der Waals surface area contributed by atoms with E-state index in [9.17, 15) is 9.59 Å². The summed E-state index contributed by atoms with van der Waals surface area (Å²) in [7, 11) is 0. The summed E-state index contributed by atoms with van der Waals surface area (Å²) in [5.41, 5.74) is 2.32. The number of amides is 2. The minimum absolute atomic E-state index is 0.0930. The largest absolute Gasteiger partial charge is 0.332 e. The van der Waals surface area contributed by atoms with Gasteiger partial charge in [0, 0.05) is 23.6 Å². The van der Waals surface area contributed by atoms with Crippen LogP contribution in [0.2, 0.25) is 15.1 Å². The van der Waals surface area contributed by atoms with Crippen LogP contribution in [0, 0.1) is 0 Å². The summed E-state index contributed by atoms with van der Waals surface area (Å²) < 4.78 is 0. The third-order valence-electron chi connectivity index (χ3n) is 5.14. The van der Waals surface area contributed by atoms with Crippen LogP contribution in [0.4, 0.5) is 0 Å². The molecule has 1 unspecified atom stereocenters. The van der Waals surface area contributed by atoms with Crippen molar-refractivity contribution >= 4 is 52.3 Å². The van der Waals surface area contributed by atoms with Gasteiger partial charge >= 0.3 is 0 Å². The van der Waals surface area contributed by atoms with E-state index in [2.05, 4.69) is 5.10 Å². The van der Waals surface area contributed by atoms with Crippen molar-refractivity contribution in [2.75, 3.05) is 13.1 Å². The first-order chi connectivity index (χ1) is 13.9. The second kappa shape index (κ2) is 8.34. The third kappa shape index (κ3) is 4.27. The number of benzene rings is 2. The molecule has 0 aromatic heterocycles. The quantitative estimate of drug-likeness (QED) is 0.692. The lowest BCUT2D eigenvalue weighted by atomic mass is 10.0. The van der Waals surface area contributed by atoms with Gasteiger partial charge in [-0.1, -0.05) is 53.0 Å². The van der Waals surface area contributed by atoms with E-state index in [4.69, 9.17) is 34.8 Å². The molecule has 2 heterocycles. The molecule has 2 aliphatic heterocycles. The lowest BCUT2D eigenvalue weighted by Gasteiger charge is -2.25. The average molecular weight is 451 g/mol. The molecule has 1 fully saturated rings. The van der Waals surface area contributed by atoms with E-state index in [1.54, 1.807) is 30.3 Å². The number of nitrogens with zero attached hydrogens (tertiary/aromatic N) is 3. The molecule has 2 aliphatic rings. The fourth-order valence-electron chi connectivity index (χ4n) is 3.68. The van der Waals surface area contributed by atoms with Crippen molar-refractivity contribution in [3.05, 3.63) is 68.7 Å². The molecule has 0 radical (unpaired) electrons. The zero-order valence-electron chi connectivity index (χ0n) is 15.4. The first-order valence-electron chi connectivity index (χ1n) is 9.30. The Kier molecular flexibility index (Phi) is 5.81. The molecule has 4 rings (SSSR count). The second-order valence-electron chi connectivity index (χ2n) is 7.10. The highest BCUT2D eigenvalue weighted by Gasteiger charge is 2.38. The Morgan fingerprint density at radius 3 is 2.48 bits per heavy atom. The Balaban J connectivity index is 1.60. The van der Waals surface area contributed by atoms with Crippen molar-refractivity contribution in [3.63, 3.8) is 0 Å². The molecular weight excluding hydrogens is 433 g/mol. The summed E-state index contributed by atoms with van der Waals surface area (Å²) in [6, 6.07) is 12.2. The topological polar surface area (TPSA) is 53.0 Å². The van der Waals surface area contributed by atoms with Gasteiger partial charge in [0.1, 0.15) is 0 Å². The highest BCUT2D eigenvalue weighted by atomic mass is 35.5. The average Bonchev–Trinajstić information content (AvgIpc) is 3.31. The number of carbonyl (C=O) groups excluding carboxylic acids is 2. The summed E-state index contributed by atoms with van der Waals surface area (Å²) in [5, 5.41) is 7.51. The normalized spacial score (nSPS) is 19.1. The highest BCUT2D eigenvalue weighted by molar-refractivity contribution is 6.42. The fourth-order valence-corrected chi connectivity index (χ4v) is 4.12. The van der Waals surface area contributed by atoms with E-state index >= 15 is 0 Å². The second-order valence-corrected chi connectivity index (χ2v) is 8.35. The molecule has 1 saturated heterocycles. The van der Waals surface area contributed by atoms with Gasteiger partial charge in [0.15, 0.2) is 0 Å². The molecule has 2 amide bonds. The van der Waals surface area contributed by atoms with Gasteiger partial charge in [-0.05, 0) is 36.2 Å². The maximum absolute atomic E-state index is 12.9. The summed E-state index contributed by atoms with van der Waals surface area (Å²) in [4.78, 5) is 27.1. The van der Waals surface area contributed by atoms with Crippen LogP contribution < -0.4 is 0 Å². The van der Waals surface area contributed by atoms with Crippen LogP contribution in [0.1, 0.15) is 24.0 Å². The first-order valence-corrected chi connectivity index (χ1v) is 10.4. The Hall–Kier alpha value is -2.08. The molecule has 2 aromatic carbocycles. The van der Waals surface area contributed by atoms with Crippen molar-refractivity contribution in [1.29, 1.82) is 0 Å². The van der Waals surface area contributed by atoms with E-state index in [-0.39, 0.29) is 24.3 Å². The van der Waals surface area contributed by atoms with Gasteiger partial charge in [-0.25, -0.2) is 5.01 Å². The third-order valence-corrected chi connectivity index (χ3v) is 6.13. The minimum Gasteiger partial charge on any atom is -0.332 e. The van der Waals surface area contributed by atoms with E-state index in [1.807, 2.05) is 17.0 Å². The highest BCUT2D eigenvalue weighted by Crippen LogP contribution is 2.26. The minimum atomic E-state index is -0.260. The predicted octanol–water partition coefficient (Wildman–Crippen LogP) is 4.43. The van der Waals surface area contributed by atoms with Gasteiger partial charge in [0.05, 0.1) is 34.8 Å². The number of rotatable bonds is 4. The van der Waals surface area contributed by atoms with Gasteiger partial charge in [-0.3, -0.25) is 9.59 Å². The fraction of sp³-hybridized carbons (Fsp3) is 0.286. The molecule has 0 spiro atoms. The molecule has 2 aromatic rings. The molecule has 5 nitrogen and oxygen atoms in total. The molecule has 0 bridgehead atoms. The zero-order valence-corrected chi connectivity index (χ0v) is 17.7. The summed E-state index contributed by atoms with van der Waals surface area (Å²) in [6.45, 7) is 1.01. The zero-order chi connectivity index (χ0) is 20.5. The predicted molar refractivity (Wildman–Crippen MR) is 115 cm³/mol. The summed E-state index contributed by atoms with van der Waals surface area (Å²) in [6.07, 6.45) is 1.50. The standard InChI is InChI=1S/C21H18Cl3N3O2/c22-15-6-4-14(5-7-15)21-18(26-9-1-2-19(26)28)12-27(25-21)20(29)11-13-3-8-16(23)17(24)10-13/h3-8,10,18H,1-2,9,11-12H2. The van der Waals surface area contributed by atoms with Crippen LogP contribution in [0.3, 0.4) is 0 Å². The molecular formula is C21H18Cl3N3O2. The van der Waals surface area contributed by atoms with E-state index < -0.39 is 0 Å². The number of carbonyl (C=O) groups is 2. The lowest BCUT2D eigenvalue weighted by molar-refractivity contribution is -0.133.